The molecule has 0 aromatic heterocycles. The van der Waals surface area contributed by atoms with E-state index in [1.165, 1.54) is 0 Å². The zero-order valence-electron chi connectivity index (χ0n) is 9.21. The van der Waals surface area contributed by atoms with Gasteiger partial charge in [-0.3, -0.25) is 0 Å². The second kappa shape index (κ2) is 5.21. The maximum Gasteiger partial charge on any atom is 0.119 e. The summed E-state index contributed by atoms with van der Waals surface area (Å²) in [6.07, 6.45) is 0.860. The number of rotatable bonds is 4. The molecule has 0 N–H and O–H groups in total. The average Bonchev–Trinajstić information content (AvgIpc) is 2.17. The van der Waals surface area contributed by atoms with Crippen molar-refractivity contribution in [2.24, 2.45) is 0 Å². The van der Waals surface area contributed by atoms with Crippen LogP contribution in [0.3, 0.4) is 0 Å². The van der Waals surface area contributed by atoms with E-state index in [9.17, 15) is 0 Å². The first-order valence-corrected chi connectivity index (χ1v) is 4.91. The smallest absolute Gasteiger partial charge is 0.119 e. The molecule has 0 amide bonds. The minimum Gasteiger partial charge on any atom is -0.493 e. The molecule has 0 fully saturated rings. The van der Waals surface area contributed by atoms with Crippen LogP contribution in [0.4, 0.5) is 0 Å². The standard InChI is InChI=1S/C13H15NO/c1-10(2)6-7-15-13-5-4-12(9-14)11(3)8-13/h4-5,8H,1,6-7H2,2-3H3. The fourth-order valence-corrected chi connectivity index (χ4v) is 1.19. The Labute approximate surface area is 90.8 Å². The van der Waals surface area contributed by atoms with Gasteiger partial charge in [-0.1, -0.05) is 5.57 Å². The van der Waals surface area contributed by atoms with E-state index in [-0.39, 0.29) is 0 Å². The van der Waals surface area contributed by atoms with Crippen LogP contribution in [0.2, 0.25) is 0 Å². The summed E-state index contributed by atoms with van der Waals surface area (Å²) in [5.41, 5.74) is 2.76. The van der Waals surface area contributed by atoms with E-state index in [2.05, 4.69) is 12.6 Å². The lowest BCUT2D eigenvalue weighted by molar-refractivity contribution is 0.321. The van der Waals surface area contributed by atoms with Crippen molar-refractivity contribution in [2.45, 2.75) is 20.3 Å². The van der Waals surface area contributed by atoms with Gasteiger partial charge in [0.05, 0.1) is 18.2 Å². The molecule has 0 aliphatic heterocycles. The van der Waals surface area contributed by atoms with Gasteiger partial charge in [-0.25, -0.2) is 0 Å². The van der Waals surface area contributed by atoms with Crippen molar-refractivity contribution < 1.29 is 4.74 Å². The maximum absolute atomic E-state index is 8.76. The van der Waals surface area contributed by atoms with Gasteiger partial charge in [0.15, 0.2) is 0 Å². The van der Waals surface area contributed by atoms with Crippen LogP contribution in [0, 0.1) is 18.3 Å². The van der Waals surface area contributed by atoms with Crippen LogP contribution in [-0.4, -0.2) is 6.61 Å². The maximum atomic E-state index is 8.76. The number of benzene rings is 1. The second-order valence-electron chi connectivity index (χ2n) is 3.64. The van der Waals surface area contributed by atoms with E-state index in [0.29, 0.717) is 12.2 Å². The zero-order chi connectivity index (χ0) is 11.3. The highest BCUT2D eigenvalue weighted by Gasteiger charge is 1.99. The third kappa shape index (κ3) is 3.47. The number of nitrogens with zero attached hydrogens (tertiary/aromatic N) is 1. The molecule has 0 bridgehead atoms. The molecule has 15 heavy (non-hydrogen) atoms. The number of nitriles is 1. The normalized spacial score (nSPS) is 9.40. The van der Waals surface area contributed by atoms with Gasteiger partial charge in [0.2, 0.25) is 0 Å². The fourth-order valence-electron chi connectivity index (χ4n) is 1.19. The summed E-state index contributed by atoms with van der Waals surface area (Å²) >= 11 is 0. The van der Waals surface area contributed by atoms with Gasteiger partial charge in [-0.2, -0.15) is 5.26 Å². The summed E-state index contributed by atoms with van der Waals surface area (Å²) < 4.78 is 5.53. The first-order valence-electron chi connectivity index (χ1n) is 4.91. The molecule has 2 heteroatoms. The van der Waals surface area contributed by atoms with E-state index in [1.54, 1.807) is 6.07 Å². The van der Waals surface area contributed by atoms with Gasteiger partial charge in [-0.15, -0.1) is 6.58 Å². The van der Waals surface area contributed by atoms with Crippen LogP contribution in [0.1, 0.15) is 24.5 Å². The van der Waals surface area contributed by atoms with E-state index < -0.39 is 0 Å². The highest BCUT2D eigenvalue weighted by atomic mass is 16.5. The predicted octanol–water partition coefficient (Wildman–Crippen LogP) is 3.21. The van der Waals surface area contributed by atoms with Crippen molar-refractivity contribution in [1.82, 2.24) is 0 Å². The molecule has 1 aromatic carbocycles. The molecule has 0 spiro atoms. The van der Waals surface area contributed by atoms with E-state index >= 15 is 0 Å². The number of hydrogen-bond donors (Lipinski definition) is 0. The van der Waals surface area contributed by atoms with Crippen LogP contribution in [0.25, 0.3) is 0 Å². The van der Waals surface area contributed by atoms with Gasteiger partial charge in [-0.05, 0) is 37.6 Å². The summed E-state index contributed by atoms with van der Waals surface area (Å²) in [5, 5.41) is 8.76. The highest BCUT2D eigenvalue weighted by molar-refractivity contribution is 5.41. The van der Waals surface area contributed by atoms with Gasteiger partial charge in [0, 0.05) is 6.42 Å². The van der Waals surface area contributed by atoms with Crippen LogP contribution >= 0.6 is 0 Å². The lowest BCUT2D eigenvalue weighted by atomic mass is 10.1. The van der Waals surface area contributed by atoms with Crippen molar-refractivity contribution in [2.75, 3.05) is 6.61 Å². The van der Waals surface area contributed by atoms with Crippen molar-refractivity contribution in [1.29, 1.82) is 5.26 Å². The molecule has 0 unspecified atom stereocenters. The zero-order valence-corrected chi connectivity index (χ0v) is 9.21. The molecule has 0 radical (unpaired) electrons. The minimum absolute atomic E-state index is 0.640. The van der Waals surface area contributed by atoms with E-state index in [0.717, 1.165) is 23.3 Å². The molecule has 0 heterocycles. The third-order valence-electron chi connectivity index (χ3n) is 2.12. The number of hydrogen-bond acceptors (Lipinski definition) is 2. The van der Waals surface area contributed by atoms with Crippen molar-refractivity contribution >= 4 is 0 Å². The summed E-state index contributed by atoms with van der Waals surface area (Å²) in [6.45, 7) is 8.33. The molecule has 2 nitrogen and oxygen atoms in total. The van der Waals surface area contributed by atoms with Gasteiger partial charge in [0.25, 0.3) is 0 Å². The average molecular weight is 201 g/mol. The molecular weight excluding hydrogens is 186 g/mol. The van der Waals surface area contributed by atoms with Crippen molar-refractivity contribution in [3.63, 3.8) is 0 Å². The molecule has 0 saturated carbocycles. The van der Waals surface area contributed by atoms with Crippen LogP contribution in [0.15, 0.2) is 30.4 Å². The van der Waals surface area contributed by atoms with Gasteiger partial charge >= 0.3 is 0 Å². The summed E-state index contributed by atoms with van der Waals surface area (Å²) in [4.78, 5) is 0. The van der Waals surface area contributed by atoms with Crippen molar-refractivity contribution in [3.8, 4) is 11.8 Å². The Balaban J connectivity index is 2.60. The van der Waals surface area contributed by atoms with Gasteiger partial charge in [0.1, 0.15) is 5.75 Å². The third-order valence-corrected chi connectivity index (χ3v) is 2.12. The lowest BCUT2D eigenvalue weighted by Gasteiger charge is -2.07. The molecule has 1 aromatic rings. The largest absolute Gasteiger partial charge is 0.493 e. The monoisotopic (exact) mass is 201 g/mol. The van der Waals surface area contributed by atoms with Crippen LogP contribution in [0.5, 0.6) is 5.75 Å². The van der Waals surface area contributed by atoms with E-state index in [4.69, 9.17) is 10.00 Å². The quantitative estimate of drug-likeness (QED) is 0.701. The Morgan fingerprint density at radius 2 is 2.27 bits per heavy atom. The molecule has 0 aliphatic rings. The predicted molar refractivity (Wildman–Crippen MR) is 60.8 cm³/mol. The summed E-state index contributed by atoms with van der Waals surface area (Å²) in [6, 6.07) is 7.62. The molecule has 0 atom stereocenters. The first-order chi connectivity index (χ1) is 7.13. The highest BCUT2D eigenvalue weighted by Crippen LogP contribution is 2.16. The molecule has 78 valence electrons. The molecule has 1 rings (SSSR count). The Hall–Kier alpha value is -1.75. The summed E-state index contributed by atoms with van der Waals surface area (Å²) in [5.74, 6) is 0.813. The minimum atomic E-state index is 0.640. The molecular formula is C13H15NO. The fraction of sp³-hybridized carbons (Fsp3) is 0.308. The Morgan fingerprint density at radius 3 is 2.80 bits per heavy atom. The SMILES string of the molecule is C=C(C)CCOc1ccc(C#N)c(C)c1. The Bertz CT molecular complexity index is 401. The summed E-state index contributed by atoms with van der Waals surface area (Å²) in [7, 11) is 0. The van der Waals surface area contributed by atoms with Crippen molar-refractivity contribution in [3.05, 3.63) is 41.5 Å². The van der Waals surface area contributed by atoms with Gasteiger partial charge < -0.3 is 4.74 Å². The topological polar surface area (TPSA) is 33.0 Å². The number of ether oxygens (including phenoxy) is 1. The molecule has 0 saturated heterocycles. The second-order valence-corrected chi connectivity index (χ2v) is 3.64. The molecule has 0 aliphatic carbocycles. The Morgan fingerprint density at radius 1 is 1.53 bits per heavy atom. The Kier molecular flexibility index (Phi) is 3.93. The van der Waals surface area contributed by atoms with E-state index in [1.807, 2.05) is 26.0 Å². The van der Waals surface area contributed by atoms with Crippen LogP contribution in [-0.2, 0) is 0 Å². The first kappa shape index (κ1) is 11.3. The van der Waals surface area contributed by atoms with Crippen LogP contribution < -0.4 is 4.74 Å². The lowest BCUT2D eigenvalue weighted by Crippen LogP contribution is -1.98. The number of aryl methyl sites for hydroxylation is 1.